The molecule has 206 valence electrons. The number of nitrogens with zero attached hydrogens (tertiary/aromatic N) is 2. The molecule has 0 N–H and O–H groups in total. The molecule has 0 fully saturated rings. The number of benzene rings is 1. The summed E-state index contributed by atoms with van der Waals surface area (Å²) in [7, 11) is 0. The van der Waals surface area contributed by atoms with Crippen molar-refractivity contribution >= 4 is 0 Å². The average molecular weight is 519 g/mol. The first-order valence-corrected chi connectivity index (χ1v) is 13.8. The molecule has 1 heterocycles. The summed E-state index contributed by atoms with van der Waals surface area (Å²) >= 11 is 0. The summed E-state index contributed by atoms with van der Waals surface area (Å²) in [6.07, 6.45) is 9.98. The van der Waals surface area contributed by atoms with Crippen molar-refractivity contribution in [2.75, 3.05) is 0 Å². The quantitative estimate of drug-likeness (QED) is 0.207. The van der Waals surface area contributed by atoms with Gasteiger partial charge < -0.3 is 4.74 Å². The molecule has 3 atom stereocenters. The van der Waals surface area contributed by atoms with Gasteiger partial charge in [-0.2, -0.15) is 5.10 Å². The summed E-state index contributed by atoms with van der Waals surface area (Å²) in [5.74, 6) is 1.31. The number of hydrogen-bond acceptors (Lipinski definition) is 2. The number of halogens is 3. The monoisotopic (exact) mass is 518 g/mol. The third kappa shape index (κ3) is 10.8. The molecule has 0 amide bonds. The second kappa shape index (κ2) is 15.0. The van der Waals surface area contributed by atoms with Gasteiger partial charge in [0.2, 0.25) is 0 Å². The van der Waals surface area contributed by atoms with Crippen LogP contribution in [0.25, 0.3) is 5.69 Å². The van der Waals surface area contributed by atoms with E-state index >= 15 is 0 Å². The average Bonchev–Trinajstić information content (AvgIpc) is 3.22. The Bertz CT molecular complexity index is 975. The van der Waals surface area contributed by atoms with E-state index in [2.05, 4.69) is 51.2 Å². The van der Waals surface area contributed by atoms with E-state index in [0.29, 0.717) is 17.8 Å². The molecule has 1 aromatic carbocycles. The highest BCUT2D eigenvalue weighted by molar-refractivity contribution is 5.38. The van der Waals surface area contributed by atoms with Gasteiger partial charge in [0.15, 0.2) is 0 Å². The van der Waals surface area contributed by atoms with Crippen molar-refractivity contribution in [3.63, 3.8) is 0 Å². The van der Waals surface area contributed by atoms with Gasteiger partial charge in [0, 0.05) is 11.6 Å². The lowest BCUT2D eigenvalue weighted by molar-refractivity contribution is -0.274. The third-order valence-corrected chi connectivity index (χ3v) is 6.93. The topological polar surface area (TPSA) is 27.1 Å². The van der Waals surface area contributed by atoms with Gasteiger partial charge in [0.05, 0.1) is 11.4 Å². The zero-order valence-corrected chi connectivity index (χ0v) is 23.3. The van der Waals surface area contributed by atoms with Gasteiger partial charge in [-0.3, -0.25) is 0 Å². The fourth-order valence-corrected chi connectivity index (χ4v) is 4.84. The standard InChI is InChI=1S/C31H45F3N2O/c1-7-11-26(21-23(4)9-3)14-10-13-24(5)15-16-27(12-8-2)30-22-25(6)36(35-30)28-17-19-29(20-18-28)37-31(32,33)34/h9,14,17-20,22-24,27H,3,7-8,10-13,15-16,21H2,1-2,4-6H3/b26-14+. The molecule has 1 aromatic heterocycles. The third-order valence-electron chi connectivity index (χ3n) is 6.93. The predicted octanol–water partition coefficient (Wildman–Crippen LogP) is 10.1. The predicted molar refractivity (Wildman–Crippen MR) is 147 cm³/mol. The second-order valence-corrected chi connectivity index (χ2v) is 10.4. The molecule has 37 heavy (non-hydrogen) atoms. The van der Waals surface area contributed by atoms with E-state index in [0.717, 1.165) is 55.6 Å². The fourth-order valence-electron chi connectivity index (χ4n) is 4.84. The highest BCUT2D eigenvalue weighted by Gasteiger charge is 2.31. The molecule has 3 nitrogen and oxygen atoms in total. The molecule has 2 aromatic rings. The van der Waals surface area contributed by atoms with E-state index in [1.807, 2.05) is 17.7 Å². The van der Waals surface area contributed by atoms with Gasteiger partial charge in [-0.15, -0.1) is 19.8 Å². The maximum absolute atomic E-state index is 12.5. The highest BCUT2D eigenvalue weighted by Crippen LogP contribution is 2.31. The summed E-state index contributed by atoms with van der Waals surface area (Å²) in [5, 5.41) is 4.86. The van der Waals surface area contributed by atoms with Crippen LogP contribution in [0.1, 0.15) is 103 Å². The fraction of sp³-hybridized carbons (Fsp3) is 0.581. The first kappa shape index (κ1) is 30.7. The van der Waals surface area contributed by atoms with Crippen LogP contribution in [0.4, 0.5) is 13.2 Å². The zero-order valence-electron chi connectivity index (χ0n) is 23.3. The van der Waals surface area contributed by atoms with E-state index in [4.69, 9.17) is 5.10 Å². The van der Waals surface area contributed by atoms with E-state index in [1.165, 1.54) is 31.4 Å². The van der Waals surface area contributed by atoms with Crippen LogP contribution in [0.3, 0.4) is 0 Å². The number of alkyl halides is 3. The lowest BCUT2D eigenvalue weighted by atomic mass is 9.89. The Morgan fingerprint density at radius 1 is 1.05 bits per heavy atom. The number of aryl methyl sites for hydroxylation is 1. The van der Waals surface area contributed by atoms with Gasteiger partial charge >= 0.3 is 6.36 Å². The van der Waals surface area contributed by atoms with Crippen LogP contribution in [0.5, 0.6) is 5.75 Å². The minimum Gasteiger partial charge on any atom is -0.406 e. The summed E-state index contributed by atoms with van der Waals surface area (Å²) in [5.41, 5.74) is 4.31. The van der Waals surface area contributed by atoms with Crippen molar-refractivity contribution in [3.05, 3.63) is 66.0 Å². The maximum Gasteiger partial charge on any atom is 0.573 e. The first-order valence-electron chi connectivity index (χ1n) is 13.8. The summed E-state index contributed by atoms with van der Waals surface area (Å²) < 4.78 is 43.2. The molecule has 0 aliphatic heterocycles. The normalized spacial score (nSPS) is 14.9. The van der Waals surface area contributed by atoms with Gasteiger partial charge in [-0.05, 0) is 87.6 Å². The van der Waals surface area contributed by atoms with E-state index in [9.17, 15) is 13.2 Å². The molecule has 0 aliphatic rings. The molecule has 0 spiro atoms. The summed E-state index contributed by atoms with van der Waals surface area (Å²) in [4.78, 5) is 0. The Balaban J connectivity index is 2.00. The number of ether oxygens (including phenoxy) is 1. The van der Waals surface area contributed by atoms with Crippen molar-refractivity contribution in [2.45, 2.75) is 105 Å². The van der Waals surface area contributed by atoms with E-state index < -0.39 is 6.36 Å². The zero-order chi connectivity index (χ0) is 27.4. The maximum atomic E-state index is 12.5. The molecular weight excluding hydrogens is 473 g/mol. The number of rotatable bonds is 16. The Kier molecular flexibility index (Phi) is 12.5. The molecule has 6 heteroatoms. The van der Waals surface area contributed by atoms with Crippen LogP contribution in [0.15, 0.2) is 54.6 Å². The number of hydrogen-bond donors (Lipinski definition) is 0. The Morgan fingerprint density at radius 3 is 2.35 bits per heavy atom. The molecule has 0 bridgehead atoms. The van der Waals surface area contributed by atoms with Crippen molar-refractivity contribution in [3.8, 4) is 11.4 Å². The molecule has 0 saturated carbocycles. The lowest BCUT2D eigenvalue weighted by Crippen LogP contribution is -2.17. The Labute approximate surface area is 221 Å². The molecule has 3 unspecified atom stereocenters. The Morgan fingerprint density at radius 2 is 1.76 bits per heavy atom. The van der Waals surface area contributed by atoms with Crippen LogP contribution in [-0.4, -0.2) is 16.1 Å². The highest BCUT2D eigenvalue weighted by atomic mass is 19.4. The first-order chi connectivity index (χ1) is 17.6. The molecule has 0 radical (unpaired) electrons. The van der Waals surface area contributed by atoms with Crippen molar-refractivity contribution in [1.82, 2.24) is 9.78 Å². The van der Waals surface area contributed by atoms with E-state index in [-0.39, 0.29) is 5.75 Å². The minimum atomic E-state index is -4.70. The van der Waals surface area contributed by atoms with E-state index in [1.54, 1.807) is 17.7 Å². The largest absolute Gasteiger partial charge is 0.573 e. The van der Waals surface area contributed by atoms with Gasteiger partial charge in [0.1, 0.15) is 5.75 Å². The summed E-state index contributed by atoms with van der Waals surface area (Å²) in [6.45, 7) is 14.9. The lowest BCUT2D eigenvalue weighted by Gasteiger charge is -2.17. The van der Waals surface area contributed by atoms with Crippen LogP contribution in [-0.2, 0) is 0 Å². The number of allylic oxidation sites excluding steroid dienone is 3. The minimum absolute atomic E-state index is 0.231. The smallest absolute Gasteiger partial charge is 0.406 e. The van der Waals surface area contributed by atoms with Crippen molar-refractivity contribution in [2.24, 2.45) is 11.8 Å². The van der Waals surface area contributed by atoms with Crippen LogP contribution >= 0.6 is 0 Å². The van der Waals surface area contributed by atoms with Gasteiger partial charge in [-0.25, -0.2) is 4.68 Å². The molecule has 0 aliphatic carbocycles. The second-order valence-electron chi connectivity index (χ2n) is 10.4. The van der Waals surface area contributed by atoms with Crippen LogP contribution in [0, 0.1) is 18.8 Å². The van der Waals surface area contributed by atoms with Crippen LogP contribution < -0.4 is 4.74 Å². The van der Waals surface area contributed by atoms with Crippen molar-refractivity contribution in [1.29, 1.82) is 0 Å². The molecule has 2 rings (SSSR count). The Hall–Kier alpha value is -2.50. The number of aromatic nitrogens is 2. The van der Waals surface area contributed by atoms with Gasteiger partial charge in [-0.1, -0.05) is 64.7 Å². The van der Waals surface area contributed by atoms with Gasteiger partial charge in [0.25, 0.3) is 0 Å². The van der Waals surface area contributed by atoms with Crippen LogP contribution in [0.2, 0.25) is 0 Å². The van der Waals surface area contributed by atoms with Crippen molar-refractivity contribution < 1.29 is 17.9 Å². The SMILES string of the molecule is C=CC(C)C/C(=C/CCC(C)CCC(CCC)c1cc(C)n(-c2ccc(OC(F)(F)F)cc2)n1)CCC. The molecule has 0 saturated heterocycles. The summed E-state index contributed by atoms with van der Waals surface area (Å²) in [6, 6.07) is 7.99. The molecular formula is C31H45F3N2O.